The highest BCUT2D eigenvalue weighted by Crippen LogP contribution is 2.24. The molecule has 9 heavy (non-hydrogen) atoms. The van der Waals surface area contributed by atoms with E-state index in [1.165, 1.54) is 0 Å². The van der Waals surface area contributed by atoms with Gasteiger partial charge in [0.25, 0.3) is 0 Å². The van der Waals surface area contributed by atoms with Gasteiger partial charge in [-0.3, -0.25) is 4.90 Å². The lowest BCUT2D eigenvalue weighted by Gasteiger charge is -2.40. The second kappa shape index (κ2) is 2.10. The third-order valence-electron chi connectivity index (χ3n) is 1.53. The van der Waals surface area contributed by atoms with Gasteiger partial charge in [-0.15, -0.1) is 0 Å². The molecule has 0 bridgehead atoms. The van der Waals surface area contributed by atoms with Gasteiger partial charge in [0.1, 0.15) is 0 Å². The molecule has 1 nitrogen and oxygen atoms in total. The topological polar surface area (TPSA) is 3.24 Å². The second-order valence-electron chi connectivity index (χ2n) is 2.71. The van der Waals surface area contributed by atoms with Crippen LogP contribution in [-0.4, -0.2) is 30.7 Å². The van der Waals surface area contributed by atoms with E-state index in [1.807, 2.05) is 18.9 Å². The van der Waals surface area contributed by atoms with Crippen LogP contribution in [0.3, 0.4) is 0 Å². The minimum absolute atomic E-state index is 0.553. The zero-order valence-corrected chi connectivity index (χ0v) is 5.89. The highest BCUT2D eigenvalue weighted by atomic mass is 19.1. The largest absolute Gasteiger partial charge is 0.299 e. The lowest BCUT2D eigenvalue weighted by Crippen LogP contribution is -2.55. The van der Waals surface area contributed by atoms with Gasteiger partial charge in [0.2, 0.25) is 0 Å². The van der Waals surface area contributed by atoms with Gasteiger partial charge in [-0.1, -0.05) is 6.08 Å². The van der Waals surface area contributed by atoms with Crippen molar-refractivity contribution in [1.82, 2.24) is 4.90 Å². The molecule has 0 aromatic rings. The Hall–Kier alpha value is -0.370. The predicted molar refractivity (Wildman–Crippen MR) is 36.1 cm³/mol. The number of allylic oxidation sites excluding steroid dienone is 1. The smallest absolute Gasteiger partial charge is 0.154 e. The zero-order valence-electron chi connectivity index (χ0n) is 5.89. The summed E-state index contributed by atoms with van der Waals surface area (Å²) in [5, 5.41) is 0. The van der Waals surface area contributed by atoms with Crippen LogP contribution in [0.1, 0.15) is 6.92 Å². The molecule has 0 radical (unpaired) electrons. The Bertz CT molecular complexity index is 125. The lowest BCUT2D eigenvalue weighted by molar-refractivity contribution is 0.0256. The first kappa shape index (κ1) is 6.75. The number of hydrogen-bond acceptors (Lipinski definition) is 1. The van der Waals surface area contributed by atoms with Gasteiger partial charge < -0.3 is 0 Å². The summed E-state index contributed by atoms with van der Waals surface area (Å²) in [6, 6.07) is 0. The van der Waals surface area contributed by atoms with Gasteiger partial charge in [0.15, 0.2) is 5.67 Å². The highest BCUT2D eigenvalue weighted by Gasteiger charge is 2.38. The SMILES string of the molecule is C/C=C/C1(F)CN(C)C1. The maximum absolute atomic E-state index is 13.0. The molecule has 0 spiro atoms. The van der Waals surface area contributed by atoms with Crippen LogP contribution in [-0.2, 0) is 0 Å². The summed E-state index contributed by atoms with van der Waals surface area (Å²) in [5.41, 5.74) is -1.01. The van der Waals surface area contributed by atoms with Crippen LogP contribution in [0.2, 0.25) is 0 Å². The van der Waals surface area contributed by atoms with Crippen molar-refractivity contribution in [2.45, 2.75) is 12.6 Å². The van der Waals surface area contributed by atoms with Crippen LogP contribution in [0.5, 0.6) is 0 Å². The number of alkyl halides is 1. The molecule has 0 aliphatic carbocycles. The standard InChI is InChI=1S/C7H12FN/c1-3-4-7(8)5-9(2)6-7/h3-4H,5-6H2,1-2H3/b4-3+. The summed E-state index contributed by atoms with van der Waals surface area (Å²) in [6.07, 6.45) is 3.40. The van der Waals surface area contributed by atoms with Crippen molar-refractivity contribution in [3.63, 3.8) is 0 Å². The van der Waals surface area contributed by atoms with E-state index in [-0.39, 0.29) is 0 Å². The molecule has 0 N–H and O–H groups in total. The maximum Gasteiger partial charge on any atom is 0.154 e. The monoisotopic (exact) mass is 129 g/mol. The Labute approximate surface area is 55.2 Å². The van der Waals surface area contributed by atoms with Crippen LogP contribution in [0.4, 0.5) is 4.39 Å². The van der Waals surface area contributed by atoms with Gasteiger partial charge in [-0.05, 0) is 20.0 Å². The quantitative estimate of drug-likeness (QED) is 0.481. The van der Waals surface area contributed by atoms with Crippen molar-refractivity contribution < 1.29 is 4.39 Å². The van der Waals surface area contributed by atoms with Crippen LogP contribution in [0.25, 0.3) is 0 Å². The fraction of sp³-hybridized carbons (Fsp3) is 0.714. The third-order valence-corrected chi connectivity index (χ3v) is 1.53. The first-order valence-electron chi connectivity index (χ1n) is 3.18. The molecular formula is C7H12FN. The number of hydrogen-bond donors (Lipinski definition) is 0. The van der Waals surface area contributed by atoms with Crippen molar-refractivity contribution in [2.75, 3.05) is 20.1 Å². The average Bonchev–Trinajstić information content (AvgIpc) is 1.62. The molecule has 1 aliphatic heterocycles. The zero-order chi connectivity index (χ0) is 6.91. The molecule has 1 aliphatic rings. The van der Waals surface area contributed by atoms with Crippen molar-refractivity contribution in [2.24, 2.45) is 0 Å². The van der Waals surface area contributed by atoms with Gasteiger partial charge in [-0.25, -0.2) is 4.39 Å². The Kier molecular flexibility index (Phi) is 1.58. The number of rotatable bonds is 1. The molecule has 0 amide bonds. The molecule has 2 heteroatoms. The normalized spacial score (nSPS) is 26.6. The molecule has 1 heterocycles. The predicted octanol–water partition coefficient (Wildman–Crippen LogP) is 1.22. The van der Waals surface area contributed by atoms with E-state index in [9.17, 15) is 4.39 Å². The van der Waals surface area contributed by atoms with Gasteiger partial charge in [0, 0.05) is 13.1 Å². The molecule has 0 saturated carbocycles. The summed E-state index contributed by atoms with van der Waals surface area (Å²) < 4.78 is 13.0. The van der Waals surface area contributed by atoms with Gasteiger partial charge in [0.05, 0.1) is 0 Å². The van der Waals surface area contributed by atoms with Crippen molar-refractivity contribution in [3.05, 3.63) is 12.2 Å². The number of halogens is 1. The van der Waals surface area contributed by atoms with E-state index in [0.717, 1.165) is 0 Å². The van der Waals surface area contributed by atoms with E-state index >= 15 is 0 Å². The van der Waals surface area contributed by atoms with Crippen molar-refractivity contribution in [3.8, 4) is 0 Å². The molecule has 1 rings (SSSR count). The van der Waals surface area contributed by atoms with E-state index in [0.29, 0.717) is 13.1 Å². The van der Waals surface area contributed by atoms with Gasteiger partial charge in [-0.2, -0.15) is 0 Å². The molecule has 52 valence electrons. The molecular weight excluding hydrogens is 117 g/mol. The van der Waals surface area contributed by atoms with E-state index in [2.05, 4.69) is 0 Å². The number of likely N-dealkylation sites (tertiary alicyclic amines) is 1. The fourth-order valence-corrected chi connectivity index (χ4v) is 1.26. The Morgan fingerprint density at radius 2 is 2.11 bits per heavy atom. The first-order valence-corrected chi connectivity index (χ1v) is 3.18. The average molecular weight is 129 g/mol. The minimum Gasteiger partial charge on any atom is -0.299 e. The Morgan fingerprint density at radius 1 is 1.56 bits per heavy atom. The van der Waals surface area contributed by atoms with Crippen molar-refractivity contribution >= 4 is 0 Å². The van der Waals surface area contributed by atoms with E-state index < -0.39 is 5.67 Å². The van der Waals surface area contributed by atoms with Crippen molar-refractivity contribution in [1.29, 1.82) is 0 Å². The summed E-state index contributed by atoms with van der Waals surface area (Å²) in [4.78, 5) is 1.96. The first-order chi connectivity index (χ1) is 4.16. The molecule has 0 aromatic heterocycles. The van der Waals surface area contributed by atoms with Crippen LogP contribution < -0.4 is 0 Å². The third kappa shape index (κ3) is 1.30. The number of nitrogens with zero attached hydrogens (tertiary/aromatic N) is 1. The summed E-state index contributed by atoms with van der Waals surface area (Å²) in [5.74, 6) is 0. The summed E-state index contributed by atoms with van der Waals surface area (Å²) >= 11 is 0. The molecule has 1 saturated heterocycles. The maximum atomic E-state index is 13.0. The van der Waals surface area contributed by atoms with Crippen LogP contribution in [0, 0.1) is 0 Å². The summed E-state index contributed by atoms with van der Waals surface area (Å²) in [6.45, 7) is 2.95. The summed E-state index contributed by atoms with van der Waals surface area (Å²) in [7, 11) is 1.92. The minimum atomic E-state index is -1.01. The molecule has 0 unspecified atom stereocenters. The van der Waals surface area contributed by atoms with Crippen LogP contribution >= 0.6 is 0 Å². The van der Waals surface area contributed by atoms with E-state index in [1.54, 1.807) is 12.2 Å². The molecule has 0 atom stereocenters. The van der Waals surface area contributed by atoms with Crippen LogP contribution in [0.15, 0.2) is 12.2 Å². The second-order valence-corrected chi connectivity index (χ2v) is 2.71. The van der Waals surface area contributed by atoms with Gasteiger partial charge >= 0.3 is 0 Å². The molecule has 0 aromatic carbocycles. The molecule has 1 fully saturated rings. The van der Waals surface area contributed by atoms with E-state index in [4.69, 9.17) is 0 Å². The Balaban J connectivity index is 2.40. The fourth-order valence-electron chi connectivity index (χ4n) is 1.26. The highest BCUT2D eigenvalue weighted by molar-refractivity contribution is 5.09. The lowest BCUT2D eigenvalue weighted by atomic mass is 9.97. The Morgan fingerprint density at radius 3 is 2.44 bits per heavy atom.